The second kappa shape index (κ2) is 8.62. The predicted octanol–water partition coefficient (Wildman–Crippen LogP) is 3.88. The van der Waals surface area contributed by atoms with Crippen molar-refractivity contribution in [2.45, 2.75) is 13.5 Å². The van der Waals surface area contributed by atoms with Crippen LogP contribution in [0.3, 0.4) is 0 Å². The topological polar surface area (TPSA) is 86.9 Å². The van der Waals surface area contributed by atoms with E-state index in [1.165, 1.54) is 13.0 Å². The minimum absolute atomic E-state index is 0.0760. The summed E-state index contributed by atoms with van der Waals surface area (Å²) in [4.78, 5) is 30.2. The van der Waals surface area contributed by atoms with Crippen LogP contribution in [0.15, 0.2) is 67.1 Å². The maximum absolute atomic E-state index is 12.3. The molecule has 1 amide bonds. The number of carbonyl (C=O) groups is 2. The maximum Gasteiger partial charge on any atom is 0.221 e. The molecule has 1 heterocycles. The molecule has 0 bridgehead atoms. The molecule has 27 heavy (non-hydrogen) atoms. The molecule has 3 aromatic rings. The lowest BCUT2D eigenvalue weighted by Crippen LogP contribution is -2.06. The zero-order valence-electron chi connectivity index (χ0n) is 14.9. The van der Waals surface area contributed by atoms with E-state index in [-0.39, 0.29) is 11.7 Å². The van der Waals surface area contributed by atoms with Gasteiger partial charge in [-0.05, 0) is 42.0 Å². The van der Waals surface area contributed by atoms with Gasteiger partial charge in [-0.25, -0.2) is 4.98 Å². The fourth-order valence-electron chi connectivity index (χ4n) is 2.52. The van der Waals surface area contributed by atoms with Crippen LogP contribution in [0.4, 0.5) is 11.4 Å². The third-order valence-electron chi connectivity index (χ3n) is 3.85. The lowest BCUT2D eigenvalue weighted by molar-refractivity contribution is -0.114. The van der Waals surface area contributed by atoms with Crippen LogP contribution in [0.2, 0.25) is 0 Å². The van der Waals surface area contributed by atoms with Gasteiger partial charge in [0.05, 0.1) is 18.2 Å². The Kier molecular flexibility index (Phi) is 5.79. The van der Waals surface area contributed by atoms with Gasteiger partial charge in [0.2, 0.25) is 5.91 Å². The first-order chi connectivity index (χ1) is 13.1. The van der Waals surface area contributed by atoms with Crippen molar-refractivity contribution >= 4 is 29.1 Å². The normalized spacial score (nSPS) is 10.7. The standard InChI is InChI=1S/C21H20N4O2/c1-15(26)25-18-7-5-16(6-8-18)12-23-19-4-2-3-17(11-19)21(27)10-9-20-13-22-14-24-20/h2-11,13-14,23H,12H2,1H3,(H,22,24)(H,25,26)/b10-9+. The number of rotatable bonds is 7. The number of anilines is 2. The number of allylic oxidation sites excluding steroid dienone is 1. The summed E-state index contributed by atoms with van der Waals surface area (Å²) >= 11 is 0. The van der Waals surface area contributed by atoms with E-state index in [1.54, 1.807) is 24.7 Å². The summed E-state index contributed by atoms with van der Waals surface area (Å²) in [6.07, 6.45) is 6.44. The number of benzene rings is 2. The van der Waals surface area contributed by atoms with Crippen LogP contribution in [-0.4, -0.2) is 21.7 Å². The molecule has 6 nitrogen and oxygen atoms in total. The van der Waals surface area contributed by atoms with Gasteiger partial charge < -0.3 is 15.6 Å². The Labute approximate surface area is 157 Å². The van der Waals surface area contributed by atoms with E-state index < -0.39 is 0 Å². The van der Waals surface area contributed by atoms with Crippen molar-refractivity contribution < 1.29 is 9.59 Å². The van der Waals surface area contributed by atoms with Crippen LogP contribution in [0.1, 0.15) is 28.5 Å². The Balaban J connectivity index is 1.60. The largest absolute Gasteiger partial charge is 0.381 e. The van der Waals surface area contributed by atoms with E-state index in [1.807, 2.05) is 42.5 Å². The monoisotopic (exact) mass is 360 g/mol. The summed E-state index contributed by atoms with van der Waals surface area (Å²) < 4.78 is 0. The summed E-state index contributed by atoms with van der Waals surface area (Å²) in [6, 6.07) is 15.0. The highest BCUT2D eigenvalue weighted by Gasteiger charge is 2.04. The van der Waals surface area contributed by atoms with Gasteiger partial charge in [-0.3, -0.25) is 9.59 Å². The molecule has 0 unspecified atom stereocenters. The minimum atomic E-state index is -0.0936. The molecule has 1 aromatic heterocycles. The molecule has 0 fully saturated rings. The molecular formula is C21H20N4O2. The molecule has 0 atom stereocenters. The van der Waals surface area contributed by atoms with Gasteiger partial charge in [-0.2, -0.15) is 0 Å². The van der Waals surface area contributed by atoms with Crippen LogP contribution < -0.4 is 10.6 Å². The third-order valence-corrected chi connectivity index (χ3v) is 3.85. The first-order valence-electron chi connectivity index (χ1n) is 8.51. The number of ketones is 1. The summed E-state index contributed by atoms with van der Waals surface area (Å²) in [5.41, 5.74) is 4.08. The van der Waals surface area contributed by atoms with E-state index in [0.29, 0.717) is 12.1 Å². The molecule has 0 aliphatic carbocycles. The van der Waals surface area contributed by atoms with Gasteiger partial charge in [0, 0.05) is 30.4 Å². The van der Waals surface area contributed by atoms with Crippen molar-refractivity contribution in [1.29, 1.82) is 0 Å². The molecule has 0 radical (unpaired) electrons. The molecule has 0 aliphatic heterocycles. The van der Waals surface area contributed by atoms with Gasteiger partial charge in [-0.15, -0.1) is 0 Å². The molecule has 3 rings (SSSR count). The van der Waals surface area contributed by atoms with E-state index in [4.69, 9.17) is 0 Å². The van der Waals surface area contributed by atoms with Crippen LogP contribution in [0, 0.1) is 0 Å². The fraction of sp³-hybridized carbons (Fsp3) is 0.0952. The van der Waals surface area contributed by atoms with Gasteiger partial charge in [0.15, 0.2) is 5.78 Å². The van der Waals surface area contributed by atoms with Gasteiger partial charge in [0.1, 0.15) is 0 Å². The molecule has 3 N–H and O–H groups in total. The summed E-state index contributed by atoms with van der Waals surface area (Å²) in [5.74, 6) is -0.170. The number of carbonyl (C=O) groups excluding carboxylic acids is 2. The van der Waals surface area contributed by atoms with Crippen LogP contribution in [0.5, 0.6) is 0 Å². The number of aromatic amines is 1. The molecule has 0 saturated heterocycles. The molecule has 2 aromatic carbocycles. The second-order valence-electron chi connectivity index (χ2n) is 6.02. The average Bonchev–Trinajstić information content (AvgIpc) is 3.19. The first-order valence-corrected chi connectivity index (χ1v) is 8.51. The lowest BCUT2D eigenvalue weighted by Gasteiger charge is -2.09. The van der Waals surface area contributed by atoms with Crippen molar-refractivity contribution in [3.05, 3.63) is 84.0 Å². The zero-order chi connectivity index (χ0) is 19.1. The van der Waals surface area contributed by atoms with E-state index in [9.17, 15) is 9.59 Å². The average molecular weight is 360 g/mol. The highest BCUT2D eigenvalue weighted by Crippen LogP contribution is 2.15. The molecule has 0 saturated carbocycles. The Morgan fingerprint density at radius 2 is 1.93 bits per heavy atom. The molecule has 0 aliphatic rings. The highest BCUT2D eigenvalue weighted by molar-refractivity contribution is 6.07. The number of H-pyrrole nitrogens is 1. The zero-order valence-corrected chi connectivity index (χ0v) is 14.9. The lowest BCUT2D eigenvalue weighted by atomic mass is 10.1. The summed E-state index contributed by atoms with van der Waals surface area (Å²) in [6.45, 7) is 2.09. The highest BCUT2D eigenvalue weighted by atomic mass is 16.1. The Morgan fingerprint density at radius 3 is 2.63 bits per heavy atom. The van der Waals surface area contributed by atoms with Crippen molar-refractivity contribution in [3.63, 3.8) is 0 Å². The summed E-state index contributed by atoms with van der Waals surface area (Å²) in [5, 5.41) is 6.04. The molecule has 136 valence electrons. The van der Waals surface area contributed by atoms with Crippen molar-refractivity contribution in [2.24, 2.45) is 0 Å². The van der Waals surface area contributed by atoms with Gasteiger partial charge in [-0.1, -0.05) is 24.3 Å². The van der Waals surface area contributed by atoms with Gasteiger partial charge in [0.25, 0.3) is 0 Å². The molecule has 6 heteroatoms. The number of hydrogen-bond donors (Lipinski definition) is 3. The second-order valence-corrected chi connectivity index (χ2v) is 6.02. The smallest absolute Gasteiger partial charge is 0.221 e. The fourth-order valence-corrected chi connectivity index (χ4v) is 2.52. The maximum atomic E-state index is 12.3. The third kappa shape index (κ3) is 5.40. The Hall–Kier alpha value is -3.67. The van der Waals surface area contributed by atoms with Crippen molar-refractivity contribution in [3.8, 4) is 0 Å². The number of amides is 1. The van der Waals surface area contributed by atoms with Crippen LogP contribution in [-0.2, 0) is 11.3 Å². The van der Waals surface area contributed by atoms with E-state index >= 15 is 0 Å². The van der Waals surface area contributed by atoms with Crippen LogP contribution >= 0.6 is 0 Å². The number of aromatic nitrogens is 2. The quantitative estimate of drug-likeness (QED) is 0.441. The Bertz CT molecular complexity index is 945. The number of imidazole rings is 1. The minimum Gasteiger partial charge on any atom is -0.381 e. The van der Waals surface area contributed by atoms with Gasteiger partial charge >= 0.3 is 0 Å². The van der Waals surface area contributed by atoms with Crippen molar-refractivity contribution in [1.82, 2.24) is 9.97 Å². The van der Waals surface area contributed by atoms with E-state index in [0.717, 1.165) is 22.6 Å². The molecule has 0 spiro atoms. The molecular weight excluding hydrogens is 340 g/mol. The summed E-state index contributed by atoms with van der Waals surface area (Å²) in [7, 11) is 0. The SMILES string of the molecule is CC(=O)Nc1ccc(CNc2cccc(C(=O)/C=C/c3cnc[nH]3)c2)cc1. The Morgan fingerprint density at radius 1 is 1.11 bits per heavy atom. The predicted molar refractivity (Wildman–Crippen MR) is 106 cm³/mol. The number of nitrogens with zero attached hydrogens (tertiary/aromatic N) is 1. The first kappa shape index (κ1) is 18.1. The number of hydrogen-bond acceptors (Lipinski definition) is 4. The number of nitrogens with one attached hydrogen (secondary N) is 3. The van der Waals surface area contributed by atoms with Crippen molar-refractivity contribution in [2.75, 3.05) is 10.6 Å². The van der Waals surface area contributed by atoms with Crippen LogP contribution in [0.25, 0.3) is 6.08 Å². The van der Waals surface area contributed by atoms with E-state index in [2.05, 4.69) is 20.6 Å².